The molecular weight excluding hydrogens is 492 g/mol. The summed E-state index contributed by atoms with van der Waals surface area (Å²) in [6.45, 7) is 5.00. The smallest absolute Gasteiger partial charge is 0.205 e. The minimum atomic E-state index is -0.693. The molecule has 1 aliphatic rings. The lowest BCUT2D eigenvalue weighted by Gasteiger charge is -2.28. The van der Waals surface area contributed by atoms with Crippen LogP contribution in [-0.2, 0) is 11.2 Å². The molecule has 1 atom stereocenters. The lowest BCUT2D eigenvalue weighted by Crippen LogP contribution is -2.36. The molecule has 2 aromatic carbocycles. The van der Waals surface area contributed by atoms with E-state index < -0.39 is 11.9 Å². The highest BCUT2D eigenvalue weighted by Gasteiger charge is 2.23. The van der Waals surface area contributed by atoms with Crippen LogP contribution in [0.1, 0.15) is 29.7 Å². The zero-order valence-electron chi connectivity index (χ0n) is 19.1. The highest BCUT2D eigenvalue weighted by molar-refractivity contribution is 6.36. The largest absolute Gasteiger partial charge is 0.478 e. The van der Waals surface area contributed by atoms with E-state index in [2.05, 4.69) is 34.1 Å². The molecule has 1 aliphatic heterocycles. The van der Waals surface area contributed by atoms with Crippen LogP contribution in [0.25, 0.3) is 11.0 Å². The van der Waals surface area contributed by atoms with Crippen LogP contribution in [0.15, 0.2) is 53.3 Å². The van der Waals surface area contributed by atoms with Crippen LogP contribution in [0.3, 0.4) is 0 Å². The first-order valence-electron chi connectivity index (χ1n) is 11.3. The summed E-state index contributed by atoms with van der Waals surface area (Å²) in [5.41, 5.74) is 10.2. The molecule has 9 heteroatoms. The monoisotopic (exact) mass is 515 g/mol. The van der Waals surface area contributed by atoms with Crippen molar-refractivity contribution in [2.24, 2.45) is 0 Å². The van der Waals surface area contributed by atoms with Crippen molar-refractivity contribution in [3.63, 3.8) is 0 Å². The number of pyridine rings is 1. The Morgan fingerprint density at radius 1 is 1.14 bits per heavy atom. The van der Waals surface area contributed by atoms with Gasteiger partial charge in [0.1, 0.15) is 11.9 Å². The average Bonchev–Trinajstić information content (AvgIpc) is 3.27. The quantitative estimate of drug-likeness (QED) is 0.298. The molecule has 1 saturated heterocycles. The average molecular weight is 516 g/mol. The summed E-state index contributed by atoms with van der Waals surface area (Å²) in [6.07, 6.45) is 3.31. The van der Waals surface area contributed by atoms with Gasteiger partial charge in [0.25, 0.3) is 0 Å². The molecule has 0 aliphatic carbocycles. The summed E-state index contributed by atoms with van der Waals surface area (Å²) in [5.74, 6) is -0.158. The van der Waals surface area contributed by atoms with E-state index in [0.29, 0.717) is 22.6 Å². The van der Waals surface area contributed by atoms with Gasteiger partial charge in [-0.3, -0.25) is 0 Å². The first-order chi connectivity index (χ1) is 16.9. The number of aromatic nitrogens is 1. The summed E-state index contributed by atoms with van der Waals surface area (Å²) >= 11 is 12.4. The molecule has 0 radical (unpaired) electrons. The van der Waals surface area contributed by atoms with Crippen molar-refractivity contribution in [2.75, 3.05) is 36.9 Å². The van der Waals surface area contributed by atoms with Crippen molar-refractivity contribution >= 4 is 45.7 Å². The van der Waals surface area contributed by atoms with E-state index in [9.17, 15) is 4.39 Å². The lowest BCUT2D eigenvalue weighted by molar-refractivity contribution is 0.122. The van der Waals surface area contributed by atoms with Crippen LogP contribution in [0.2, 0.25) is 10.0 Å². The Labute approximate surface area is 212 Å². The standard InChI is InChI=1S/C26H24Cl2FN3O3/c1-15(22-20(27)6-7-21(29)23(22)28)35-25-24-19(13-31-26(25)30)17(14-34-24)12-16-2-4-18(5-3-16)32-8-10-33-11-9-32/h2-7,13-15H,8-12H2,1H3,(H2,30,31)/t15-/m1/s1. The van der Waals surface area contributed by atoms with Crippen molar-refractivity contribution in [3.8, 4) is 5.75 Å². The van der Waals surface area contributed by atoms with Gasteiger partial charge in [-0.2, -0.15) is 0 Å². The number of anilines is 2. The number of furan rings is 1. The van der Waals surface area contributed by atoms with Gasteiger partial charge < -0.3 is 24.5 Å². The third kappa shape index (κ3) is 4.76. The Balaban J connectivity index is 1.40. The maximum Gasteiger partial charge on any atom is 0.205 e. The van der Waals surface area contributed by atoms with Gasteiger partial charge >= 0.3 is 0 Å². The number of rotatable bonds is 6. The number of nitrogens with zero attached hydrogens (tertiary/aromatic N) is 2. The van der Waals surface area contributed by atoms with Crippen LogP contribution in [0.4, 0.5) is 15.9 Å². The number of hydrogen-bond donors (Lipinski definition) is 1. The van der Waals surface area contributed by atoms with Gasteiger partial charge in [0, 0.05) is 52.9 Å². The maximum atomic E-state index is 14.0. The van der Waals surface area contributed by atoms with Crippen LogP contribution in [-0.4, -0.2) is 31.3 Å². The Hall–Kier alpha value is -3.00. The zero-order chi connectivity index (χ0) is 24.5. The van der Waals surface area contributed by atoms with E-state index in [4.69, 9.17) is 42.8 Å². The summed E-state index contributed by atoms with van der Waals surface area (Å²) < 4.78 is 31.4. The van der Waals surface area contributed by atoms with E-state index in [1.807, 2.05) is 0 Å². The highest BCUT2D eigenvalue weighted by Crippen LogP contribution is 2.40. The Kier molecular flexibility index (Phi) is 6.73. The predicted octanol–water partition coefficient (Wildman–Crippen LogP) is 6.42. The van der Waals surface area contributed by atoms with Crippen molar-refractivity contribution in [1.29, 1.82) is 0 Å². The maximum absolute atomic E-state index is 14.0. The van der Waals surface area contributed by atoms with Crippen LogP contribution in [0.5, 0.6) is 5.75 Å². The SMILES string of the molecule is C[C@@H](Oc1c(N)ncc2c(Cc3ccc(N4CCOCC4)cc3)coc12)c1c(Cl)ccc(F)c1Cl. The second kappa shape index (κ2) is 9.93. The molecule has 2 N–H and O–H groups in total. The fourth-order valence-electron chi connectivity index (χ4n) is 4.30. The number of halogens is 3. The van der Waals surface area contributed by atoms with Crippen molar-refractivity contribution < 1.29 is 18.3 Å². The molecule has 2 aromatic heterocycles. The van der Waals surface area contributed by atoms with Crippen molar-refractivity contribution in [3.05, 3.63) is 81.4 Å². The van der Waals surface area contributed by atoms with Gasteiger partial charge in [0.2, 0.25) is 5.75 Å². The predicted molar refractivity (Wildman–Crippen MR) is 136 cm³/mol. The van der Waals surface area contributed by atoms with Gasteiger partial charge in [0.05, 0.1) is 24.5 Å². The minimum absolute atomic E-state index is 0.0932. The third-order valence-corrected chi connectivity index (χ3v) is 6.88. The van der Waals surface area contributed by atoms with Gasteiger partial charge in [-0.25, -0.2) is 9.37 Å². The van der Waals surface area contributed by atoms with E-state index in [0.717, 1.165) is 42.8 Å². The molecular formula is C26H24Cl2FN3O3. The van der Waals surface area contributed by atoms with Gasteiger partial charge in [-0.15, -0.1) is 0 Å². The summed E-state index contributed by atoms with van der Waals surface area (Å²) in [7, 11) is 0. The normalized spacial score (nSPS) is 14.9. The van der Waals surface area contributed by atoms with Crippen LogP contribution in [0, 0.1) is 5.82 Å². The Morgan fingerprint density at radius 2 is 1.89 bits per heavy atom. The molecule has 0 bridgehead atoms. The third-order valence-electron chi connectivity index (χ3n) is 6.17. The Morgan fingerprint density at radius 3 is 2.63 bits per heavy atom. The molecule has 0 spiro atoms. The molecule has 182 valence electrons. The highest BCUT2D eigenvalue weighted by atomic mass is 35.5. The number of fused-ring (bicyclic) bond motifs is 1. The number of nitrogens with two attached hydrogens (primary N) is 1. The van der Waals surface area contributed by atoms with E-state index >= 15 is 0 Å². The van der Waals surface area contributed by atoms with Gasteiger partial charge in [0.15, 0.2) is 11.4 Å². The lowest BCUT2D eigenvalue weighted by atomic mass is 10.0. The molecule has 6 nitrogen and oxygen atoms in total. The van der Waals surface area contributed by atoms with E-state index in [1.165, 1.54) is 17.8 Å². The topological polar surface area (TPSA) is 73.8 Å². The molecule has 0 unspecified atom stereocenters. The molecule has 0 saturated carbocycles. The fourth-order valence-corrected chi connectivity index (χ4v) is 4.98. The van der Waals surface area contributed by atoms with Crippen molar-refractivity contribution in [1.82, 2.24) is 4.98 Å². The van der Waals surface area contributed by atoms with E-state index in [1.54, 1.807) is 19.4 Å². The molecule has 3 heterocycles. The second-order valence-electron chi connectivity index (χ2n) is 8.44. The number of morpholine rings is 1. The molecule has 4 aromatic rings. The molecule has 35 heavy (non-hydrogen) atoms. The summed E-state index contributed by atoms with van der Waals surface area (Å²) in [4.78, 5) is 6.62. The second-order valence-corrected chi connectivity index (χ2v) is 9.22. The zero-order valence-corrected chi connectivity index (χ0v) is 20.6. The van der Waals surface area contributed by atoms with E-state index in [-0.39, 0.29) is 16.6 Å². The molecule has 0 amide bonds. The molecule has 5 rings (SSSR count). The van der Waals surface area contributed by atoms with Crippen LogP contribution >= 0.6 is 23.2 Å². The fraction of sp³-hybridized carbons (Fsp3) is 0.269. The number of hydrogen-bond acceptors (Lipinski definition) is 6. The summed E-state index contributed by atoms with van der Waals surface area (Å²) in [5, 5.41) is 0.989. The number of benzene rings is 2. The number of ether oxygens (including phenoxy) is 2. The molecule has 1 fully saturated rings. The van der Waals surface area contributed by atoms with Gasteiger partial charge in [-0.1, -0.05) is 35.3 Å². The summed E-state index contributed by atoms with van der Waals surface area (Å²) in [6, 6.07) is 11.1. The van der Waals surface area contributed by atoms with Crippen molar-refractivity contribution in [2.45, 2.75) is 19.4 Å². The van der Waals surface area contributed by atoms with Crippen LogP contribution < -0.4 is 15.4 Å². The number of nitrogen functional groups attached to an aromatic ring is 1. The first-order valence-corrected chi connectivity index (χ1v) is 12.0. The van der Waals surface area contributed by atoms with Gasteiger partial charge in [-0.05, 0) is 36.8 Å². The minimum Gasteiger partial charge on any atom is -0.478 e. The first kappa shape index (κ1) is 23.7. The Bertz CT molecular complexity index is 1350.